The number of aromatic amines is 1. The minimum absolute atomic E-state index is 0.0541. The lowest BCUT2D eigenvalue weighted by atomic mass is 10.0. The van der Waals surface area contributed by atoms with Crippen LogP contribution in [0.2, 0.25) is 0 Å². The molecule has 0 spiro atoms. The van der Waals surface area contributed by atoms with E-state index in [1.54, 1.807) is 43.5 Å². The van der Waals surface area contributed by atoms with Crippen molar-refractivity contribution in [2.75, 3.05) is 20.6 Å². The summed E-state index contributed by atoms with van der Waals surface area (Å²) in [6.45, 7) is 2.23. The van der Waals surface area contributed by atoms with Gasteiger partial charge in [-0.25, -0.2) is 5.10 Å². The first-order valence-corrected chi connectivity index (χ1v) is 8.60. The van der Waals surface area contributed by atoms with Gasteiger partial charge in [0.05, 0.1) is 23.6 Å². The number of rotatable bonds is 6. The predicted octanol–water partition coefficient (Wildman–Crippen LogP) is 2.37. The van der Waals surface area contributed by atoms with Crippen LogP contribution < -0.4 is 10.9 Å². The number of nitrogens with zero attached hydrogens (tertiary/aromatic N) is 2. The SMILES string of the molecule is Cc1cc(-c2ccc(C(=O)NC[C@H](c3ccco3)N(C)C)cc2)c(=O)[nH]n1. The maximum absolute atomic E-state index is 12.5. The standard InChI is InChI=1S/C20H22N4O3/c1-13-11-16(20(26)23-22-13)14-6-8-15(9-7-14)19(25)21-12-17(24(2)3)18-5-4-10-27-18/h4-11,17H,12H2,1-3H3,(H,21,25)(H,23,26)/t17-/m1/s1. The first-order valence-electron chi connectivity index (χ1n) is 8.60. The van der Waals surface area contributed by atoms with Crippen LogP contribution in [0, 0.1) is 6.92 Å². The monoisotopic (exact) mass is 366 g/mol. The van der Waals surface area contributed by atoms with Gasteiger partial charge in [-0.3, -0.25) is 14.5 Å². The molecule has 1 atom stereocenters. The van der Waals surface area contributed by atoms with Crippen LogP contribution in [0.25, 0.3) is 11.1 Å². The molecule has 1 amide bonds. The van der Waals surface area contributed by atoms with Crippen LogP contribution in [0.3, 0.4) is 0 Å². The number of carbonyl (C=O) groups excluding carboxylic acids is 1. The lowest BCUT2D eigenvalue weighted by Crippen LogP contribution is -2.34. The number of hydrogen-bond donors (Lipinski definition) is 2. The minimum Gasteiger partial charge on any atom is -0.468 e. The normalized spacial score (nSPS) is 12.1. The zero-order valence-electron chi connectivity index (χ0n) is 15.5. The maximum atomic E-state index is 12.5. The van der Waals surface area contributed by atoms with Crippen LogP contribution in [0.15, 0.2) is 57.9 Å². The molecule has 2 aromatic heterocycles. The molecule has 0 aliphatic heterocycles. The maximum Gasteiger partial charge on any atom is 0.272 e. The molecule has 3 rings (SSSR count). The molecule has 1 aromatic carbocycles. The predicted molar refractivity (Wildman–Crippen MR) is 102 cm³/mol. The number of nitrogens with one attached hydrogen (secondary N) is 2. The van der Waals surface area contributed by atoms with Gasteiger partial charge in [0.15, 0.2) is 0 Å². The Kier molecular flexibility index (Phi) is 5.52. The second kappa shape index (κ2) is 8.01. The molecule has 0 bridgehead atoms. The Morgan fingerprint density at radius 3 is 2.63 bits per heavy atom. The van der Waals surface area contributed by atoms with Crippen molar-refractivity contribution in [1.82, 2.24) is 20.4 Å². The van der Waals surface area contributed by atoms with Gasteiger partial charge < -0.3 is 9.73 Å². The topological polar surface area (TPSA) is 91.2 Å². The molecular weight excluding hydrogens is 344 g/mol. The van der Waals surface area contributed by atoms with Crippen LogP contribution in [0.4, 0.5) is 0 Å². The molecule has 0 aliphatic rings. The van der Waals surface area contributed by atoms with Gasteiger partial charge in [0.2, 0.25) is 0 Å². The summed E-state index contributed by atoms with van der Waals surface area (Å²) in [6, 6.07) is 12.3. The number of carbonyl (C=O) groups is 1. The third kappa shape index (κ3) is 4.32. The van der Waals surface area contributed by atoms with E-state index in [4.69, 9.17) is 4.42 Å². The van der Waals surface area contributed by atoms with Crippen molar-refractivity contribution in [2.24, 2.45) is 0 Å². The summed E-state index contributed by atoms with van der Waals surface area (Å²) in [6.07, 6.45) is 1.62. The van der Waals surface area contributed by atoms with Gasteiger partial charge in [-0.1, -0.05) is 12.1 Å². The number of aryl methyl sites for hydroxylation is 1. The highest BCUT2D eigenvalue weighted by Gasteiger charge is 2.18. The van der Waals surface area contributed by atoms with Gasteiger partial charge in [-0.05, 0) is 56.9 Å². The van der Waals surface area contributed by atoms with E-state index in [-0.39, 0.29) is 17.5 Å². The van der Waals surface area contributed by atoms with Crippen molar-refractivity contribution >= 4 is 5.91 Å². The summed E-state index contributed by atoms with van der Waals surface area (Å²) in [4.78, 5) is 26.4. The first kappa shape index (κ1) is 18.6. The molecule has 0 saturated heterocycles. The van der Waals surface area contributed by atoms with Crippen molar-refractivity contribution in [3.63, 3.8) is 0 Å². The molecule has 140 valence electrons. The number of aromatic nitrogens is 2. The molecule has 0 aliphatic carbocycles. The van der Waals surface area contributed by atoms with Gasteiger partial charge in [0.1, 0.15) is 5.76 Å². The van der Waals surface area contributed by atoms with E-state index in [0.717, 1.165) is 17.0 Å². The zero-order chi connectivity index (χ0) is 19.4. The van der Waals surface area contributed by atoms with E-state index in [0.29, 0.717) is 17.7 Å². The lowest BCUT2D eigenvalue weighted by Gasteiger charge is -2.22. The molecular formula is C20H22N4O3. The molecule has 2 heterocycles. The fraction of sp³-hybridized carbons (Fsp3) is 0.250. The molecule has 0 saturated carbocycles. The molecule has 0 unspecified atom stereocenters. The average molecular weight is 366 g/mol. The Morgan fingerprint density at radius 2 is 2.00 bits per heavy atom. The fourth-order valence-electron chi connectivity index (χ4n) is 2.83. The molecule has 2 N–H and O–H groups in total. The number of likely N-dealkylation sites (N-methyl/N-ethyl adjacent to an activating group) is 1. The van der Waals surface area contributed by atoms with Crippen molar-refractivity contribution < 1.29 is 9.21 Å². The Bertz CT molecular complexity index is 960. The van der Waals surface area contributed by atoms with E-state index in [2.05, 4.69) is 15.5 Å². The van der Waals surface area contributed by atoms with E-state index in [9.17, 15) is 9.59 Å². The number of furan rings is 1. The average Bonchev–Trinajstić information content (AvgIpc) is 3.18. The minimum atomic E-state index is -0.259. The molecule has 0 radical (unpaired) electrons. The van der Waals surface area contributed by atoms with Gasteiger partial charge in [0, 0.05) is 12.1 Å². The second-order valence-electron chi connectivity index (χ2n) is 6.53. The number of amides is 1. The summed E-state index contributed by atoms with van der Waals surface area (Å²) in [7, 11) is 3.87. The third-order valence-electron chi connectivity index (χ3n) is 4.34. The summed E-state index contributed by atoms with van der Waals surface area (Å²) >= 11 is 0. The van der Waals surface area contributed by atoms with Crippen LogP contribution in [-0.4, -0.2) is 41.6 Å². The highest BCUT2D eigenvalue weighted by Crippen LogP contribution is 2.19. The second-order valence-corrected chi connectivity index (χ2v) is 6.53. The van der Waals surface area contributed by atoms with Gasteiger partial charge >= 0.3 is 0 Å². The number of H-pyrrole nitrogens is 1. The van der Waals surface area contributed by atoms with E-state index < -0.39 is 0 Å². The Labute approximate surface area is 157 Å². The fourth-order valence-corrected chi connectivity index (χ4v) is 2.83. The summed E-state index contributed by atoms with van der Waals surface area (Å²) < 4.78 is 5.45. The van der Waals surface area contributed by atoms with Crippen molar-refractivity contribution in [1.29, 1.82) is 0 Å². The van der Waals surface area contributed by atoms with E-state index >= 15 is 0 Å². The molecule has 3 aromatic rings. The Morgan fingerprint density at radius 1 is 1.26 bits per heavy atom. The summed E-state index contributed by atoms with van der Waals surface area (Å²) in [5.74, 6) is 0.614. The smallest absolute Gasteiger partial charge is 0.272 e. The largest absolute Gasteiger partial charge is 0.468 e. The lowest BCUT2D eigenvalue weighted by molar-refractivity contribution is 0.0939. The summed E-state index contributed by atoms with van der Waals surface area (Å²) in [5, 5.41) is 9.27. The van der Waals surface area contributed by atoms with E-state index in [1.165, 1.54) is 0 Å². The van der Waals surface area contributed by atoms with Crippen LogP contribution in [0.5, 0.6) is 0 Å². The van der Waals surface area contributed by atoms with Crippen molar-refractivity contribution in [2.45, 2.75) is 13.0 Å². The highest BCUT2D eigenvalue weighted by molar-refractivity contribution is 5.94. The van der Waals surface area contributed by atoms with Crippen molar-refractivity contribution in [3.8, 4) is 11.1 Å². The molecule has 0 fully saturated rings. The highest BCUT2D eigenvalue weighted by atomic mass is 16.3. The summed E-state index contributed by atoms with van der Waals surface area (Å²) in [5.41, 5.74) is 2.25. The molecule has 7 heteroatoms. The quantitative estimate of drug-likeness (QED) is 0.699. The van der Waals surface area contributed by atoms with Crippen LogP contribution in [0.1, 0.15) is 27.9 Å². The van der Waals surface area contributed by atoms with Gasteiger partial charge in [0.25, 0.3) is 11.5 Å². The molecule has 27 heavy (non-hydrogen) atoms. The first-order chi connectivity index (χ1) is 13.0. The van der Waals surface area contributed by atoms with Gasteiger partial charge in [-0.15, -0.1) is 0 Å². The number of hydrogen-bond acceptors (Lipinski definition) is 5. The van der Waals surface area contributed by atoms with E-state index in [1.807, 2.05) is 31.1 Å². The molecule has 7 nitrogen and oxygen atoms in total. The Balaban J connectivity index is 1.70. The van der Waals surface area contributed by atoms with Crippen molar-refractivity contribution in [3.05, 3.63) is 76.1 Å². The Hall–Kier alpha value is -3.19. The van der Waals surface area contributed by atoms with Crippen LogP contribution in [-0.2, 0) is 0 Å². The third-order valence-corrected chi connectivity index (χ3v) is 4.34. The zero-order valence-corrected chi connectivity index (χ0v) is 15.5. The number of benzene rings is 1. The van der Waals surface area contributed by atoms with Gasteiger partial charge in [-0.2, -0.15) is 5.10 Å². The van der Waals surface area contributed by atoms with Crippen LogP contribution >= 0.6 is 0 Å².